The van der Waals surface area contributed by atoms with Crippen LogP contribution in [0.25, 0.3) is 0 Å². The molecule has 0 spiro atoms. The third-order valence-corrected chi connectivity index (χ3v) is 3.52. The van der Waals surface area contributed by atoms with E-state index in [0.717, 1.165) is 4.90 Å². The van der Waals surface area contributed by atoms with Crippen molar-refractivity contribution in [3.05, 3.63) is 65.7 Å². The van der Waals surface area contributed by atoms with E-state index in [1.165, 1.54) is 0 Å². The Morgan fingerprint density at radius 3 is 2.04 bits per heavy atom. The van der Waals surface area contributed by atoms with Crippen molar-refractivity contribution in [3.8, 4) is 5.75 Å². The van der Waals surface area contributed by atoms with Crippen LogP contribution in [0.3, 0.4) is 0 Å². The lowest BCUT2D eigenvalue weighted by Gasteiger charge is -2.13. The first-order valence-electron chi connectivity index (χ1n) is 7.45. The number of imide groups is 1. The van der Waals surface area contributed by atoms with Gasteiger partial charge in [-0.3, -0.25) is 19.3 Å². The fourth-order valence-corrected chi connectivity index (χ4v) is 2.39. The number of hydrogen-bond donors (Lipinski definition) is 0. The molecule has 1 aliphatic rings. The van der Waals surface area contributed by atoms with Gasteiger partial charge in [-0.05, 0) is 24.3 Å². The number of rotatable bonds is 6. The second kappa shape index (κ2) is 6.95. The van der Waals surface area contributed by atoms with Gasteiger partial charge in [-0.15, -0.1) is 0 Å². The first-order valence-corrected chi connectivity index (χ1v) is 7.45. The van der Waals surface area contributed by atoms with Crippen molar-refractivity contribution in [1.82, 2.24) is 4.90 Å². The Hall–Kier alpha value is -3.15. The Bertz CT molecular complexity index is 737. The SMILES string of the molecule is O=C(CN1C(=O)c2ccccc2C1=O)OCCOc1ccccc1. The van der Waals surface area contributed by atoms with Crippen LogP contribution in [0.4, 0.5) is 0 Å². The molecular weight excluding hydrogens is 310 g/mol. The predicted octanol–water partition coefficient (Wildman–Crippen LogP) is 1.90. The summed E-state index contributed by atoms with van der Waals surface area (Å²) in [4.78, 5) is 37.0. The molecule has 2 aromatic carbocycles. The molecule has 0 bridgehead atoms. The molecule has 0 fully saturated rings. The van der Waals surface area contributed by atoms with E-state index in [1.54, 1.807) is 36.4 Å². The Balaban J connectivity index is 1.48. The van der Waals surface area contributed by atoms with E-state index >= 15 is 0 Å². The summed E-state index contributed by atoms with van der Waals surface area (Å²) in [6.07, 6.45) is 0. The van der Waals surface area contributed by atoms with Crippen LogP contribution in [0.2, 0.25) is 0 Å². The molecule has 0 unspecified atom stereocenters. The molecular formula is C18H15NO5. The lowest BCUT2D eigenvalue weighted by atomic mass is 10.1. The fourth-order valence-electron chi connectivity index (χ4n) is 2.39. The molecule has 1 heterocycles. The average Bonchev–Trinajstić information content (AvgIpc) is 2.85. The van der Waals surface area contributed by atoms with Crippen LogP contribution < -0.4 is 4.74 Å². The zero-order valence-corrected chi connectivity index (χ0v) is 12.8. The van der Waals surface area contributed by atoms with Crippen molar-refractivity contribution in [2.45, 2.75) is 0 Å². The first-order chi connectivity index (χ1) is 11.7. The van der Waals surface area contributed by atoms with Gasteiger partial charge >= 0.3 is 5.97 Å². The van der Waals surface area contributed by atoms with Gasteiger partial charge in [0.25, 0.3) is 11.8 Å². The van der Waals surface area contributed by atoms with Crippen molar-refractivity contribution in [2.24, 2.45) is 0 Å². The Labute approximate surface area is 138 Å². The van der Waals surface area contributed by atoms with Crippen molar-refractivity contribution >= 4 is 17.8 Å². The molecule has 2 amide bonds. The fraction of sp³-hybridized carbons (Fsp3) is 0.167. The molecule has 1 aliphatic heterocycles. The zero-order valence-electron chi connectivity index (χ0n) is 12.8. The molecule has 0 atom stereocenters. The number of amides is 2. The van der Waals surface area contributed by atoms with Gasteiger partial charge in [0.15, 0.2) is 0 Å². The van der Waals surface area contributed by atoms with Crippen molar-refractivity contribution < 1.29 is 23.9 Å². The van der Waals surface area contributed by atoms with Gasteiger partial charge in [0, 0.05) is 0 Å². The summed E-state index contributed by atoms with van der Waals surface area (Å²) in [5.41, 5.74) is 0.616. The minimum absolute atomic E-state index is 0.0386. The van der Waals surface area contributed by atoms with E-state index in [9.17, 15) is 14.4 Å². The normalized spacial score (nSPS) is 12.9. The van der Waals surface area contributed by atoms with E-state index in [0.29, 0.717) is 16.9 Å². The number of esters is 1. The highest BCUT2D eigenvalue weighted by atomic mass is 16.6. The molecule has 0 radical (unpaired) electrons. The van der Waals surface area contributed by atoms with Crippen LogP contribution in [0, 0.1) is 0 Å². The number of ether oxygens (including phenoxy) is 2. The molecule has 6 heteroatoms. The Morgan fingerprint density at radius 1 is 0.833 bits per heavy atom. The zero-order chi connectivity index (χ0) is 16.9. The molecule has 0 aromatic heterocycles. The second-order valence-electron chi connectivity index (χ2n) is 5.12. The van der Waals surface area contributed by atoms with Crippen molar-refractivity contribution in [2.75, 3.05) is 19.8 Å². The molecule has 2 aromatic rings. The standard InChI is InChI=1S/C18H15NO5/c20-16(24-11-10-23-13-6-2-1-3-7-13)12-19-17(21)14-8-4-5-9-15(14)18(19)22/h1-9H,10-12H2. The van der Waals surface area contributed by atoms with Gasteiger partial charge in [-0.2, -0.15) is 0 Å². The van der Waals surface area contributed by atoms with Crippen LogP contribution in [0.15, 0.2) is 54.6 Å². The smallest absolute Gasteiger partial charge is 0.326 e. The maximum Gasteiger partial charge on any atom is 0.326 e. The molecule has 0 aliphatic carbocycles. The number of carbonyl (C=O) groups excluding carboxylic acids is 3. The second-order valence-corrected chi connectivity index (χ2v) is 5.12. The molecule has 0 saturated heterocycles. The summed E-state index contributed by atoms with van der Waals surface area (Å²) in [5, 5.41) is 0. The third kappa shape index (κ3) is 3.27. The van der Waals surface area contributed by atoms with E-state index in [2.05, 4.69) is 0 Å². The highest BCUT2D eigenvalue weighted by molar-refractivity contribution is 6.22. The summed E-state index contributed by atoms with van der Waals surface area (Å²) in [5.74, 6) is -0.934. The van der Waals surface area contributed by atoms with Gasteiger partial charge in [-0.1, -0.05) is 30.3 Å². The van der Waals surface area contributed by atoms with Crippen LogP contribution in [-0.2, 0) is 9.53 Å². The number of benzene rings is 2. The lowest BCUT2D eigenvalue weighted by molar-refractivity contribution is -0.144. The summed E-state index contributed by atoms with van der Waals surface area (Å²) in [7, 11) is 0. The van der Waals surface area contributed by atoms with E-state index in [-0.39, 0.29) is 13.2 Å². The predicted molar refractivity (Wildman–Crippen MR) is 84.7 cm³/mol. The third-order valence-electron chi connectivity index (χ3n) is 3.52. The monoisotopic (exact) mass is 325 g/mol. The van der Waals surface area contributed by atoms with Crippen LogP contribution in [0.1, 0.15) is 20.7 Å². The first kappa shape index (κ1) is 15.7. The molecule has 0 N–H and O–H groups in total. The van der Waals surface area contributed by atoms with E-state index < -0.39 is 24.3 Å². The number of para-hydroxylation sites is 1. The summed E-state index contributed by atoms with van der Waals surface area (Å²) >= 11 is 0. The number of nitrogens with zero attached hydrogens (tertiary/aromatic N) is 1. The van der Waals surface area contributed by atoms with Crippen LogP contribution in [0.5, 0.6) is 5.75 Å². The van der Waals surface area contributed by atoms with Gasteiger partial charge < -0.3 is 9.47 Å². The highest BCUT2D eigenvalue weighted by Crippen LogP contribution is 2.22. The summed E-state index contributed by atoms with van der Waals surface area (Å²) in [6, 6.07) is 15.6. The van der Waals surface area contributed by atoms with Crippen molar-refractivity contribution in [1.29, 1.82) is 0 Å². The number of hydrogen-bond acceptors (Lipinski definition) is 5. The largest absolute Gasteiger partial charge is 0.490 e. The van der Waals surface area contributed by atoms with Gasteiger partial charge in [0.2, 0.25) is 0 Å². The van der Waals surface area contributed by atoms with Crippen LogP contribution >= 0.6 is 0 Å². The molecule has 122 valence electrons. The van der Waals surface area contributed by atoms with E-state index in [4.69, 9.17) is 9.47 Å². The molecule has 3 rings (SSSR count). The minimum Gasteiger partial charge on any atom is -0.490 e. The quantitative estimate of drug-likeness (QED) is 0.461. The lowest BCUT2D eigenvalue weighted by Crippen LogP contribution is -2.36. The number of fused-ring (bicyclic) bond motifs is 1. The van der Waals surface area contributed by atoms with Gasteiger partial charge in [0.05, 0.1) is 11.1 Å². The van der Waals surface area contributed by atoms with Crippen LogP contribution in [-0.4, -0.2) is 42.4 Å². The Kier molecular flexibility index (Phi) is 4.56. The average molecular weight is 325 g/mol. The van der Waals surface area contributed by atoms with Gasteiger partial charge in [-0.25, -0.2) is 0 Å². The van der Waals surface area contributed by atoms with E-state index in [1.807, 2.05) is 18.2 Å². The Morgan fingerprint density at radius 2 is 1.42 bits per heavy atom. The number of carbonyl (C=O) groups is 3. The van der Waals surface area contributed by atoms with Gasteiger partial charge in [0.1, 0.15) is 25.5 Å². The maximum atomic E-state index is 12.1. The topological polar surface area (TPSA) is 72.9 Å². The molecule has 0 saturated carbocycles. The maximum absolute atomic E-state index is 12.1. The summed E-state index contributed by atoms with van der Waals surface area (Å²) in [6.45, 7) is -0.174. The highest BCUT2D eigenvalue weighted by Gasteiger charge is 2.36. The molecule has 24 heavy (non-hydrogen) atoms. The molecule has 6 nitrogen and oxygen atoms in total. The van der Waals surface area contributed by atoms with Crippen molar-refractivity contribution in [3.63, 3.8) is 0 Å². The summed E-state index contributed by atoms with van der Waals surface area (Å²) < 4.78 is 10.4. The minimum atomic E-state index is -0.652.